The van der Waals surface area contributed by atoms with E-state index in [2.05, 4.69) is 10.3 Å². The number of carbonyl (C=O) groups is 1. The molecule has 2 aromatic carbocycles. The van der Waals surface area contributed by atoms with Gasteiger partial charge in [0.05, 0.1) is 18.4 Å². The second-order valence-corrected chi connectivity index (χ2v) is 6.58. The zero-order chi connectivity index (χ0) is 18.8. The van der Waals surface area contributed by atoms with Crippen LogP contribution in [0.1, 0.15) is 33.3 Å². The van der Waals surface area contributed by atoms with Gasteiger partial charge < -0.3 is 15.0 Å². The normalized spacial score (nSPS) is 15.6. The van der Waals surface area contributed by atoms with Gasteiger partial charge in [-0.15, -0.1) is 0 Å². The Labute approximate surface area is 158 Å². The number of benzene rings is 2. The van der Waals surface area contributed by atoms with Gasteiger partial charge in [-0.1, -0.05) is 30.3 Å². The maximum Gasteiger partial charge on any atom is 0.258 e. The van der Waals surface area contributed by atoms with Crippen LogP contribution in [0.5, 0.6) is 5.75 Å². The lowest BCUT2D eigenvalue weighted by atomic mass is 10.1. The first-order chi connectivity index (χ1) is 13.2. The standard InChI is InChI=1S/C22H21N3O2/c1-15-6-3-4-8-19(15)24-21-20-18(7-5-13-23-20)22(26)25(21)14-16-9-11-17(27-2)12-10-16/h3-13,21,24H,14H2,1-2H3/t21-/m1/s1. The minimum Gasteiger partial charge on any atom is -0.497 e. The first kappa shape index (κ1) is 17.1. The van der Waals surface area contributed by atoms with Crippen LogP contribution in [0.15, 0.2) is 66.9 Å². The SMILES string of the molecule is COc1ccc(CN2C(=O)c3cccnc3[C@@H]2Nc2ccccc2C)cc1. The lowest BCUT2D eigenvalue weighted by molar-refractivity contribution is 0.0727. The number of hydrogen-bond acceptors (Lipinski definition) is 4. The third-order valence-corrected chi connectivity index (χ3v) is 4.85. The van der Waals surface area contributed by atoms with Gasteiger partial charge in [0.15, 0.2) is 0 Å². The second-order valence-electron chi connectivity index (χ2n) is 6.58. The Hall–Kier alpha value is -3.34. The van der Waals surface area contributed by atoms with Crippen molar-refractivity contribution in [2.45, 2.75) is 19.6 Å². The van der Waals surface area contributed by atoms with Gasteiger partial charge in [0.2, 0.25) is 0 Å². The zero-order valence-corrected chi connectivity index (χ0v) is 15.3. The van der Waals surface area contributed by atoms with Crippen molar-refractivity contribution in [3.63, 3.8) is 0 Å². The van der Waals surface area contributed by atoms with Crippen molar-refractivity contribution in [1.29, 1.82) is 0 Å². The summed E-state index contributed by atoms with van der Waals surface area (Å²) in [5, 5.41) is 3.51. The van der Waals surface area contributed by atoms with Gasteiger partial charge in [0.25, 0.3) is 5.91 Å². The monoisotopic (exact) mass is 359 g/mol. The number of rotatable bonds is 5. The highest BCUT2D eigenvalue weighted by Crippen LogP contribution is 2.34. The Kier molecular flexibility index (Phi) is 4.50. The molecule has 3 aromatic rings. The predicted molar refractivity (Wildman–Crippen MR) is 105 cm³/mol. The summed E-state index contributed by atoms with van der Waals surface area (Å²) in [7, 11) is 1.64. The van der Waals surface area contributed by atoms with Crippen LogP contribution in [0.4, 0.5) is 5.69 Å². The van der Waals surface area contributed by atoms with Crippen molar-refractivity contribution in [2.75, 3.05) is 12.4 Å². The van der Waals surface area contributed by atoms with Crippen LogP contribution in [0.3, 0.4) is 0 Å². The smallest absolute Gasteiger partial charge is 0.258 e. The molecular weight excluding hydrogens is 338 g/mol. The van der Waals surface area contributed by atoms with E-state index in [0.29, 0.717) is 12.1 Å². The summed E-state index contributed by atoms with van der Waals surface area (Å²) >= 11 is 0. The molecule has 1 N–H and O–H groups in total. The van der Waals surface area contributed by atoms with E-state index < -0.39 is 0 Å². The number of amides is 1. The number of hydrogen-bond donors (Lipinski definition) is 1. The molecule has 27 heavy (non-hydrogen) atoms. The lowest BCUT2D eigenvalue weighted by Gasteiger charge is -2.27. The maximum atomic E-state index is 13.0. The zero-order valence-electron chi connectivity index (χ0n) is 15.3. The molecule has 1 aromatic heterocycles. The average Bonchev–Trinajstić information content (AvgIpc) is 2.96. The fourth-order valence-corrected chi connectivity index (χ4v) is 3.35. The highest BCUT2D eigenvalue weighted by Gasteiger charge is 2.38. The van der Waals surface area contributed by atoms with Crippen molar-refractivity contribution in [3.05, 3.63) is 89.2 Å². The van der Waals surface area contributed by atoms with Crippen LogP contribution in [0, 0.1) is 6.92 Å². The highest BCUT2D eigenvalue weighted by molar-refractivity contribution is 5.98. The molecule has 5 heteroatoms. The molecule has 136 valence electrons. The number of pyridine rings is 1. The Balaban J connectivity index is 1.67. The summed E-state index contributed by atoms with van der Waals surface area (Å²) in [5.41, 5.74) is 4.57. The van der Waals surface area contributed by atoms with Crippen LogP contribution >= 0.6 is 0 Å². The first-order valence-electron chi connectivity index (χ1n) is 8.88. The van der Waals surface area contributed by atoms with Crippen LogP contribution in [0.2, 0.25) is 0 Å². The van der Waals surface area contributed by atoms with E-state index in [9.17, 15) is 4.79 Å². The van der Waals surface area contributed by atoms with Crippen LogP contribution in [-0.4, -0.2) is 22.9 Å². The van der Waals surface area contributed by atoms with E-state index in [1.807, 2.05) is 66.4 Å². The van der Waals surface area contributed by atoms with Gasteiger partial charge in [-0.2, -0.15) is 0 Å². The number of ether oxygens (including phenoxy) is 1. The molecule has 1 atom stereocenters. The number of aryl methyl sites for hydroxylation is 1. The molecule has 0 saturated heterocycles. The van der Waals surface area contributed by atoms with Crippen LogP contribution < -0.4 is 10.1 Å². The summed E-state index contributed by atoms with van der Waals surface area (Å²) in [6.45, 7) is 2.54. The van der Waals surface area contributed by atoms with Crippen LogP contribution in [-0.2, 0) is 6.54 Å². The number of nitrogens with one attached hydrogen (secondary N) is 1. The molecule has 0 fully saturated rings. The molecule has 0 bridgehead atoms. The molecule has 2 heterocycles. The number of anilines is 1. The van der Waals surface area contributed by atoms with E-state index in [0.717, 1.165) is 28.3 Å². The summed E-state index contributed by atoms with van der Waals surface area (Å²) in [4.78, 5) is 19.3. The van der Waals surface area contributed by atoms with E-state index in [-0.39, 0.29) is 12.1 Å². The third-order valence-electron chi connectivity index (χ3n) is 4.85. The van der Waals surface area contributed by atoms with Crippen molar-refractivity contribution < 1.29 is 9.53 Å². The summed E-state index contributed by atoms with van der Waals surface area (Å²) in [5.74, 6) is 0.783. The fraction of sp³-hybridized carbons (Fsp3) is 0.182. The minimum atomic E-state index is -0.308. The van der Waals surface area contributed by atoms with Gasteiger partial charge in [-0.05, 0) is 48.4 Å². The van der Waals surface area contributed by atoms with Crippen molar-refractivity contribution in [3.8, 4) is 5.75 Å². The van der Waals surface area contributed by atoms with E-state index in [1.165, 1.54) is 0 Å². The molecule has 0 saturated carbocycles. The van der Waals surface area contributed by atoms with Gasteiger partial charge in [0.1, 0.15) is 11.9 Å². The van der Waals surface area contributed by atoms with E-state index >= 15 is 0 Å². The molecule has 0 radical (unpaired) electrons. The fourth-order valence-electron chi connectivity index (χ4n) is 3.35. The summed E-state index contributed by atoms with van der Waals surface area (Å²) < 4.78 is 5.22. The Bertz CT molecular complexity index is 969. The number of para-hydroxylation sites is 1. The quantitative estimate of drug-likeness (QED) is 0.743. The molecule has 1 amide bonds. The number of nitrogens with zero attached hydrogens (tertiary/aromatic N) is 2. The number of fused-ring (bicyclic) bond motifs is 1. The first-order valence-corrected chi connectivity index (χ1v) is 8.88. The molecule has 0 unspecified atom stereocenters. The molecule has 4 rings (SSSR count). The van der Waals surface area contributed by atoms with Gasteiger partial charge in [-0.3, -0.25) is 9.78 Å². The number of aromatic nitrogens is 1. The molecule has 0 aliphatic carbocycles. The summed E-state index contributed by atoms with van der Waals surface area (Å²) in [6, 6.07) is 19.5. The topological polar surface area (TPSA) is 54.5 Å². The van der Waals surface area contributed by atoms with Crippen LogP contribution in [0.25, 0.3) is 0 Å². The molecule has 1 aliphatic rings. The van der Waals surface area contributed by atoms with Crippen molar-refractivity contribution in [1.82, 2.24) is 9.88 Å². The molecular formula is C22H21N3O2. The number of carbonyl (C=O) groups excluding carboxylic acids is 1. The Morgan fingerprint density at radius 2 is 1.85 bits per heavy atom. The van der Waals surface area contributed by atoms with Gasteiger partial charge in [-0.25, -0.2) is 0 Å². The molecule has 0 spiro atoms. The Morgan fingerprint density at radius 1 is 1.07 bits per heavy atom. The lowest BCUT2D eigenvalue weighted by Crippen LogP contribution is -2.32. The average molecular weight is 359 g/mol. The predicted octanol–water partition coefficient (Wildman–Crippen LogP) is 4.17. The van der Waals surface area contributed by atoms with Crippen molar-refractivity contribution in [2.24, 2.45) is 0 Å². The largest absolute Gasteiger partial charge is 0.497 e. The third kappa shape index (κ3) is 3.24. The highest BCUT2D eigenvalue weighted by atomic mass is 16.5. The number of methoxy groups -OCH3 is 1. The second kappa shape index (κ2) is 7.11. The summed E-state index contributed by atoms with van der Waals surface area (Å²) in [6.07, 6.45) is 1.42. The van der Waals surface area contributed by atoms with Crippen molar-refractivity contribution >= 4 is 11.6 Å². The minimum absolute atomic E-state index is 0.0139. The van der Waals surface area contributed by atoms with Gasteiger partial charge in [0, 0.05) is 18.4 Å². The molecule has 5 nitrogen and oxygen atoms in total. The Morgan fingerprint density at radius 3 is 2.59 bits per heavy atom. The van der Waals surface area contributed by atoms with Gasteiger partial charge >= 0.3 is 0 Å². The van der Waals surface area contributed by atoms with E-state index in [1.54, 1.807) is 19.4 Å². The molecule has 1 aliphatic heterocycles. The van der Waals surface area contributed by atoms with E-state index in [4.69, 9.17) is 4.74 Å². The maximum absolute atomic E-state index is 13.0.